The van der Waals surface area contributed by atoms with Crippen molar-refractivity contribution in [3.8, 4) is 11.5 Å². The third-order valence-corrected chi connectivity index (χ3v) is 4.41. The molecular formula is C13H8BrN3O2S. The molecular weight excluding hydrogens is 342 g/mol. The fourth-order valence-electron chi connectivity index (χ4n) is 1.64. The van der Waals surface area contributed by atoms with Crippen LogP contribution in [0.3, 0.4) is 0 Å². The zero-order valence-electron chi connectivity index (χ0n) is 10.0. The van der Waals surface area contributed by atoms with Crippen molar-refractivity contribution in [2.45, 2.75) is 0 Å². The van der Waals surface area contributed by atoms with Crippen LogP contribution in [-0.4, -0.2) is 16.1 Å². The van der Waals surface area contributed by atoms with E-state index in [1.807, 2.05) is 23.6 Å². The Morgan fingerprint density at radius 3 is 2.65 bits per heavy atom. The van der Waals surface area contributed by atoms with Crippen LogP contribution in [-0.2, 0) is 0 Å². The average molecular weight is 350 g/mol. The SMILES string of the molecule is O=C(Nc1ccc(-c2nnco2)cc1)c1sccc1Br. The number of hydrogen-bond donors (Lipinski definition) is 1. The Morgan fingerprint density at radius 2 is 2.05 bits per heavy atom. The van der Waals surface area contributed by atoms with Crippen molar-refractivity contribution < 1.29 is 9.21 Å². The fraction of sp³-hybridized carbons (Fsp3) is 0. The highest BCUT2D eigenvalue weighted by Crippen LogP contribution is 2.24. The van der Waals surface area contributed by atoms with Gasteiger partial charge in [-0.05, 0) is 51.6 Å². The number of halogens is 1. The summed E-state index contributed by atoms with van der Waals surface area (Å²) in [6, 6.07) is 9.05. The summed E-state index contributed by atoms with van der Waals surface area (Å²) in [4.78, 5) is 12.7. The van der Waals surface area contributed by atoms with Crippen LogP contribution in [0, 0.1) is 0 Å². The summed E-state index contributed by atoms with van der Waals surface area (Å²) in [5, 5.41) is 12.1. The Morgan fingerprint density at radius 1 is 1.25 bits per heavy atom. The van der Waals surface area contributed by atoms with Crippen LogP contribution in [0.25, 0.3) is 11.5 Å². The van der Waals surface area contributed by atoms with E-state index < -0.39 is 0 Å². The maximum Gasteiger partial charge on any atom is 0.266 e. The van der Waals surface area contributed by atoms with E-state index in [9.17, 15) is 4.79 Å². The second-order valence-corrected chi connectivity index (χ2v) is 5.64. The first-order valence-electron chi connectivity index (χ1n) is 5.65. The summed E-state index contributed by atoms with van der Waals surface area (Å²) in [5.41, 5.74) is 1.51. The third kappa shape index (κ3) is 2.63. The van der Waals surface area contributed by atoms with E-state index in [1.54, 1.807) is 12.1 Å². The first-order valence-corrected chi connectivity index (χ1v) is 7.32. The van der Waals surface area contributed by atoms with Crippen LogP contribution in [0.5, 0.6) is 0 Å². The predicted molar refractivity (Wildman–Crippen MR) is 79.7 cm³/mol. The van der Waals surface area contributed by atoms with Crippen molar-refractivity contribution >= 4 is 38.9 Å². The Labute approximate surface area is 126 Å². The van der Waals surface area contributed by atoms with E-state index in [2.05, 4.69) is 31.4 Å². The Hall–Kier alpha value is -1.99. The molecule has 5 nitrogen and oxygen atoms in total. The van der Waals surface area contributed by atoms with Gasteiger partial charge in [0.05, 0.1) is 0 Å². The Kier molecular flexibility index (Phi) is 3.62. The molecule has 0 spiro atoms. The molecule has 1 amide bonds. The quantitative estimate of drug-likeness (QED) is 0.780. The predicted octanol–water partition coefficient (Wildman–Crippen LogP) is 3.81. The van der Waals surface area contributed by atoms with Gasteiger partial charge in [0.15, 0.2) is 0 Å². The highest BCUT2D eigenvalue weighted by Gasteiger charge is 2.12. The molecule has 0 aliphatic heterocycles. The van der Waals surface area contributed by atoms with E-state index >= 15 is 0 Å². The lowest BCUT2D eigenvalue weighted by Crippen LogP contribution is -2.10. The molecule has 3 aromatic rings. The third-order valence-electron chi connectivity index (χ3n) is 2.57. The first kappa shape index (κ1) is 13.0. The Bertz CT molecular complexity index is 722. The summed E-state index contributed by atoms with van der Waals surface area (Å²) >= 11 is 4.73. The van der Waals surface area contributed by atoms with E-state index in [-0.39, 0.29) is 5.91 Å². The molecule has 1 N–H and O–H groups in total. The van der Waals surface area contributed by atoms with Crippen LogP contribution in [0.2, 0.25) is 0 Å². The number of nitrogens with one attached hydrogen (secondary N) is 1. The van der Waals surface area contributed by atoms with Gasteiger partial charge in [-0.1, -0.05) is 0 Å². The van der Waals surface area contributed by atoms with Gasteiger partial charge in [0, 0.05) is 15.7 Å². The normalized spacial score (nSPS) is 10.4. The number of anilines is 1. The number of rotatable bonds is 3. The number of carbonyl (C=O) groups is 1. The number of thiophene rings is 1. The monoisotopic (exact) mass is 349 g/mol. The number of carbonyl (C=O) groups excluding carboxylic acids is 1. The number of amides is 1. The van der Waals surface area contributed by atoms with E-state index in [1.165, 1.54) is 17.7 Å². The molecule has 1 aromatic carbocycles. The number of aromatic nitrogens is 2. The molecule has 7 heteroatoms. The van der Waals surface area contributed by atoms with Gasteiger partial charge in [-0.15, -0.1) is 21.5 Å². The number of nitrogens with zero attached hydrogens (tertiary/aromatic N) is 2. The molecule has 0 saturated heterocycles. The van der Waals surface area contributed by atoms with Crippen LogP contribution >= 0.6 is 27.3 Å². The smallest absolute Gasteiger partial charge is 0.266 e. The van der Waals surface area contributed by atoms with Gasteiger partial charge in [0.25, 0.3) is 5.91 Å². The summed E-state index contributed by atoms with van der Waals surface area (Å²) < 4.78 is 5.90. The minimum atomic E-state index is -0.141. The largest absolute Gasteiger partial charge is 0.423 e. The van der Waals surface area contributed by atoms with Crippen LogP contribution in [0.1, 0.15) is 9.67 Å². The van der Waals surface area contributed by atoms with Gasteiger partial charge in [-0.25, -0.2) is 0 Å². The lowest BCUT2D eigenvalue weighted by molar-refractivity contribution is 0.103. The van der Waals surface area contributed by atoms with Gasteiger partial charge in [0.1, 0.15) is 4.88 Å². The average Bonchev–Trinajstić information content (AvgIpc) is 3.10. The van der Waals surface area contributed by atoms with Crippen molar-refractivity contribution in [1.82, 2.24) is 10.2 Å². The van der Waals surface area contributed by atoms with Crippen LogP contribution in [0.15, 0.2) is 51.0 Å². The lowest BCUT2D eigenvalue weighted by atomic mass is 10.2. The molecule has 0 atom stereocenters. The topological polar surface area (TPSA) is 68.0 Å². The molecule has 0 unspecified atom stereocenters. The van der Waals surface area contributed by atoms with Gasteiger partial charge in [-0.3, -0.25) is 4.79 Å². The minimum Gasteiger partial charge on any atom is -0.423 e. The van der Waals surface area contributed by atoms with Crippen molar-refractivity contribution in [2.24, 2.45) is 0 Å². The summed E-state index contributed by atoms with van der Waals surface area (Å²) in [6.45, 7) is 0. The second-order valence-electron chi connectivity index (χ2n) is 3.87. The summed E-state index contributed by atoms with van der Waals surface area (Å²) in [7, 11) is 0. The minimum absolute atomic E-state index is 0.141. The molecule has 20 heavy (non-hydrogen) atoms. The molecule has 2 heterocycles. The van der Waals surface area contributed by atoms with Gasteiger partial charge >= 0.3 is 0 Å². The molecule has 0 aliphatic rings. The van der Waals surface area contributed by atoms with E-state index in [4.69, 9.17) is 4.42 Å². The van der Waals surface area contributed by atoms with Crippen LogP contribution < -0.4 is 5.32 Å². The standard InChI is InChI=1S/C13H8BrN3O2S/c14-10-5-6-20-11(10)12(18)16-9-3-1-8(2-4-9)13-17-15-7-19-13/h1-7H,(H,16,18). The molecule has 0 bridgehead atoms. The van der Waals surface area contributed by atoms with Gasteiger partial charge in [0.2, 0.25) is 12.3 Å². The molecule has 2 aromatic heterocycles. The molecule has 0 aliphatic carbocycles. The summed E-state index contributed by atoms with van der Waals surface area (Å²) in [5.74, 6) is 0.307. The fourth-order valence-corrected chi connectivity index (χ4v) is 3.09. The van der Waals surface area contributed by atoms with Crippen molar-refractivity contribution in [3.05, 3.63) is 51.5 Å². The number of benzene rings is 1. The molecule has 3 rings (SSSR count). The highest BCUT2D eigenvalue weighted by molar-refractivity contribution is 9.10. The Balaban J connectivity index is 1.76. The van der Waals surface area contributed by atoms with Gasteiger partial charge < -0.3 is 9.73 Å². The summed E-state index contributed by atoms with van der Waals surface area (Å²) in [6.07, 6.45) is 1.28. The van der Waals surface area contributed by atoms with Crippen LogP contribution in [0.4, 0.5) is 5.69 Å². The number of hydrogen-bond acceptors (Lipinski definition) is 5. The van der Waals surface area contributed by atoms with Crippen molar-refractivity contribution in [3.63, 3.8) is 0 Å². The molecule has 0 radical (unpaired) electrons. The molecule has 0 saturated carbocycles. The van der Waals surface area contributed by atoms with Crippen molar-refractivity contribution in [1.29, 1.82) is 0 Å². The highest BCUT2D eigenvalue weighted by atomic mass is 79.9. The zero-order valence-corrected chi connectivity index (χ0v) is 12.4. The first-order chi connectivity index (χ1) is 9.74. The lowest BCUT2D eigenvalue weighted by Gasteiger charge is -2.04. The zero-order chi connectivity index (χ0) is 13.9. The maximum atomic E-state index is 12.0. The van der Waals surface area contributed by atoms with E-state index in [0.717, 1.165) is 10.0 Å². The van der Waals surface area contributed by atoms with E-state index in [0.29, 0.717) is 16.5 Å². The molecule has 100 valence electrons. The second kappa shape index (κ2) is 5.56. The van der Waals surface area contributed by atoms with Gasteiger partial charge in [-0.2, -0.15) is 0 Å². The molecule has 0 fully saturated rings. The maximum absolute atomic E-state index is 12.0. The van der Waals surface area contributed by atoms with Crippen molar-refractivity contribution in [2.75, 3.05) is 5.32 Å².